The highest BCUT2D eigenvalue weighted by molar-refractivity contribution is 9.10. The van der Waals surface area contributed by atoms with E-state index < -0.39 is 0 Å². The maximum Gasteiger partial charge on any atom is 0.255 e. The van der Waals surface area contributed by atoms with Gasteiger partial charge in [0.2, 0.25) is 0 Å². The molecule has 0 saturated carbocycles. The molecule has 1 heterocycles. The Bertz CT molecular complexity index is 1040. The fraction of sp³-hybridized carbons (Fsp3) is 0.190. The van der Waals surface area contributed by atoms with Gasteiger partial charge in [-0.15, -0.1) is 0 Å². The zero-order valence-corrected chi connectivity index (χ0v) is 17.7. The minimum atomic E-state index is -0.240. The molecule has 1 N–H and O–H groups in total. The molecule has 144 valence electrons. The highest BCUT2D eigenvalue weighted by Gasteiger charge is 2.13. The lowest BCUT2D eigenvalue weighted by molar-refractivity contribution is 0.0827. The van der Waals surface area contributed by atoms with Gasteiger partial charge in [0.25, 0.3) is 11.8 Å². The summed E-state index contributed by atoms with van der Waals surface area (Å²) in [5.41, 5.74) is 4.40. The fourth-order valence-electron chi connectivity index (χ4n) is 2.82. The second-order valence-corrected chi connectivity index (χ2v) is 7.47. The quantitative estimate of drug-likeness (QED) is 0.660. The summed E-state index contributed by atoms with van der Waals surface area (Å²) in [7, 11) is 3.38. The number of benzene rings is 2. The van der Waals surface area contributed by atoms with Crippen LogP contribution in [0.15, 0.2) is 53.0 Å². The molecule has 3 rings (SSSR count). The van der Waals surface area contributed by atoms with E-state index in [0.29, 0.717) is 16.8 Å². The number of hydrogen-bond donors (Lipinski definition) is 1. The third kappa shape index (κ3) is 3.99. The summed E-state index contributed by atoms with van der Waals surface area (Å²) in [6.07, 6.45) is 0. The molecule has 0 bridgehead atoms. The number of halogens is 1. The molecule has 0 radical (unpaired) electrons. The monoisotopic (exact) mass is 440 g/mol. The van der Waals surface area contributed by atoms with E-state index in [-0.39, 0.29) is 11.8 Å². The lowest BCUT2D eigenvalue weighted by Gasteiger charge is -2.12. The number of hydrogen-bond acceptors (Lipinski definition) is 3. The molecule has 0 saturated heterocycles. The van der Waals surface area contributed by atoms with Crippen molar-refractivity contribution in [2.24, 2.45) is 0 Å². The van der Waals surface area contributed by atoms with Crippen LogP contribution in [0.3, 0.4) is 0 Å². The van der Waals surface area contributed by atoms with E-state index in [4.69, 9.17) is 0 Å². The van der Waals surface area contributed by atoms with Gasteiger partial charge in [0.05, 0.1) is 21.5 Å². The van der Waals surface area contributed by atoms with Crippen LogP contribution in [0.2, 0.25) is 0 Å². The Hall–Kier alpha value is -2.93. The first-order valence-electron chi connectivity index (χ1n) is 8.73. The molecule has 0 aliphatic heterocycles. The van der Waals surface area contributed by atoms with E-state index in [1.165, 1.54) is 4.90 Å². The van der Waals surface area contributed by atoms with E-state index in [2.05, 4.69) is 26.3 Å². The van der Waals surface area contributed by atoms with Gasteiger partial charge in [0, 0.05) is 30.9 Å². The van der Waals surface area contributed by atoms with Crippen LogP contribution in [-0.2, 0) is 0 Å². The lowest BCUT2D eigenvalue weighted by atomic mass is 10.1. The van der Waals surface area contributed by atoms with E-state index in [0.717, 1.165) is 21.5 Å². The van der Waals surface area contributed by atoms with Crippen LogP contribution in [0.4, 0.5) is 5.69 Å². The molecule has 0 aliphatic rings. The maximum absolute atomic E-state index is 12.6. The molecule has 7 heteroatoms. The summed E-state index contributed by atoms with van der Waals surface area (Å²) in [5, 5.41) is 7.33. The molecule has 0 spiro atoms. The van der Waals surface area contributed by atoms with Gasteiger partial charge in [0.15, 0.2) is 0 Å². The molecule has 3 aromatic rings. The highest BCUT2D eigenvalue weighted by Crippen LogP contribution is 2.23. The zero-order chi connectivity index (χ0) is 20.4. The van der Waals surface area contributed by atoms with E-state index in [1.807, 2.05) is 30.7 Å². The van der Waals surface area contributed by atoms with Gasteiger partial charge in [-0.25, -0.2) is 4.68 Å². The van der Waals surface area contributed by atoms with Gasteiger partial charge in [-0.3, -0.25) is 9.59 Å². The van der Waals surface area contributed by atoms with Crippen LogP contribution in [0, 0.1) is 13.8 Å². The number of nitrogens with one attached hydrogen (secondary N) is 1. The van der Waals surface area contributed by atoms with Crippen LogP contribution in [0.25, 0.3) is 5.69 Å². The number of aryl methyl sites for hydroxylation is 1. The van der Waals surface area contributed by atoms with Crippen molar-refractivity contribution in [3.63, 3.8) is 0 Å². The molecule has 0 aliphatic carbocycles. The second-order valence-electron chi connectivity index (χ2n) is 6.68. The summed E-state index contributed by atoms with van der Waals surface area (Å²) in [6.45, 7) is 3.91. The molecular weight excluding hydrogens is 420 g/mol. The van der Waals surface area contributed by atoms with E-state index >= 15 is 0 Å². The molecule has 0 atom stereocenters. The number of carbonyl (C=O) groups excluding carboxylic acids is 2. The van der Waals surface area contributed by atoms with E-state index in [9.17, 15) is 9.59 Å². The van der Waals surface area contributed by atoms with Gasteiger partial charge < -0.3 is 10.2 Å². The third-order valence-electron chi connectivity index (χ3n) is 4.35. The number of carbonyl (C=O) groups is 2. The van der Waals surface area contributed by atoms with Crippen LogP contribution in [-0.4, -0.2) is 40.6 Å². The first-order valence-corrected chi connectivity index (χ1v) is 9.52. The van der Waals surface area contributed by atoms with Crippen molar-refractivity contribution in [1.82, 2.24) is 14.7 Å². The lowest BCUT2D eigenvalue weighted by Crippen LogP contribution is -2.22. The predicted molar refractivity (Wildman–Crippen MR) is 113 cm³/mol. The minimum absolute atomic E-state index is 0.114. The summed E-state index contributed by atoms with van der Waals surface area (Å²) >= 11 is 3.52. The zero-order valence-electron chi connectivity index (χ0n) is 16.2. The van der Waals surface area contributed by atoms with Crippen molar-refractivity contribution in [3.8, 4) is 5.69 Å². The van der Waals surface area contributed by atoms with Crippen LogP contribution < -0.4 is 5.32 Å². The van der Waals surface area contributed by atoms with Crippen molar-refractivity contribution in [2.75, 3.05) is 19.4 Å². The van der Waals surface area contributed by atoms with Crippen molar-refractivity contribution in [1.29, 1.82) is 0 Å². The Morgan fingerprint density at radius 1 is 1.04 bits per heavy atom. The molecule has 1 aromatic heterocycles. The topological polar surface area (TPSA) is 67.2 Å². The number of anilines is 1. The highest BCUT2D eigenvalue weighted by atomic mass is 79.9. The molecule has 2 amide bonds. The molecular formula is C21H21BrN4O2. The van der Waals surface area contributed by atoms with Gasteiger partial charge in [-0.1, -0.05) is 6.07 Å². The summed E-state index contributed by atoms with van der Waals surface area (Å²) in [6, 6.07) is 14.1. The average molecular weight is 441 g/mol. The van der Waals surface area contributed by atoms with Crippen LogP contribution >= 0.6 is 15.9 Å². The summed E-state index contributed by atoms with van der Waals surface area (Å²) < 4.78 is 2.80. The molecule has 6 nitrogen and oxygen atoms in total. The Morgan fingerprint density at radius 3 is 2.29 bits per heavy atom. The minimum Gasteiger partial charge on any atom is -0.345 e. The first kappa shape index (κ1) is 19.8. The van der Waals surface area contributed by atoms with Crippen LogP contribution in [0.1, 0.15) is 32.1 Å². The molecule has 0 unspecified atom stereocenters. The van der Waals surface area contributed by atoms with Gasteiger partial charge >= 0.3 is 0 Å². The van der Waals surface area contributed by atoms with Crippen molar-refractivity contribution < 1.29 is 9.59 Å². The second kappa shape index (κ2) is 7.98. The van der Waals surface area contributed by atoms with Crippen molar-refractivity contribution in [2.45, 2.75) is 13.8 Å². The molecule has 2 aromatic carbocycles. The number of rotatable bonds is 4. The third-order valence-corrected chi connectivity index (χ3v) is 5.50. The van der Waals surface area contributed by atoms with E-state index in [1.54, 1.807) is 50.5 Å². The van der Waals surface area contributed by atoms with Crippen molar-refractivity contribution in [3.05, 3.63) is 75.5 Å². The molecule has 0 fully saturated rings. The number of amides is 2. The summed E-state index contributed by atoms with van der Waals surface area (Å²) in [4.78, 5) is 26.1. The SMILES string of the molecule is Cc1nn(-c2ccc(C(=O)Nc3cccc(C(=O)N(C)C)c3)cc2)c(C)c1Br. The normalized spacial score (nSPS) is 10.6. The fourth-order valence-corrected chi connectivity index (χ4v) is 3.07. The van der Waals surface area contributed by atoms with Gasteiger partial charge in [0.1, 0.15) is 0 Å². The average Bonchev–Trinajstić information content (AvgIpc) is 2.95. The van der Waals surface area contributed by atoms with Crippen molar-refractivity contribution >= 4 is 33.4 Å². The molecule has 28 heavy (non-hydrogen) atoms. The van der Waals surface area contributed by atoms with Gasteiger partial charge in [-0.05, 0) is 72.2 Å². The smallest absolute Gasteiger partial charge is 0.255 e. The summed E-state index contributed by atoms with van der Waals surface area (Å²) in [5.74, 6) is -0.355. The Balaban J connectivity index is 1.78. The maximum atomic E-state index is 12.6. The van der Waals surface area contributed by atoms with Crippen LogP contribution in [0.5, 0.6) is 0 Å². The number of aromatic nitrogens is 2. The predicted octanol–water partition coefficient (Wildman–Crippen LogP) is 4.21. The van der Waals surface area contributed by atoms with Gasteiger partial charge in [-0.2, -0.15) is 5.10 Å². The Labute approximate surface area is 172 Å². The Morgan fingerprint density at radius 2 is 1.71 bits per heavy atom. The largest absolute Gasteiger partial charge is 0.345 e. The number of nitrogens with zero attached hydrogens (tertiary/aromatic N) is 3. The standard InChI is InChI=1S/C21H21BrN4O2/c1-13-19(22)14(2)26(24-13)18-10-8-15(9-11-18)20(27)23-17-7-5-6-16(12-17)21(28)25(3)4/h5-12H,1-4H3,(H,23,27). The Kier molecular flexibility index (Phi) is 5.65. The first-order chi connectivity index (χ1) is 13.3.